The van der Waals surface area contributed by atoms with Gasteiger partial charge >= 0.3 is 24.4 Å². The van der Waals surface area contributed by atoms with Gasteiger partial charge < -0.3 is 62.6 Å². The van der Waals surface area contributed by atoms with Crippen LogP contribution in [0.3, 0.4) is 0 Å². The fourth-order valence-corrected chi connectivity index (χ4v) is 16.6. The van der Waals surface area contributed by atoms with E-state index in [1.807, 2.05) is 146 Å². The first kappa shape index (κ1) is 91.8. The molecule has 656 valence electrons. The molecule has 6 aromatic rings. The molecule has 4 unspecified atom stereocenters. The van der Waals surface area contributed by atoms with Crippen molar-refractivity contribution in [2.24, 2.45) is 23.7 Å². The summed E-state index contributed by atoms with van der Waals surface area (Å²) in [6, 6.07) is 21.4. The Balaban J connectivity index is 0.000000158. The molecule has 4 aliphatic heterocycles. The number of likely N-dealkylation sites (tertiary alicyclic amines) is 4. The number of benzene rings is 2. The highest BCUT2D eigenvalue weighted by atomic mass is 32.2. The molecule has 0 spiro atoms. The summed E-state index contributed by atoms with van der Waals surface area (Å²) in [5.74, 6) is 6.04. The molecule has 14 rings (SSSR count). The molecule has 2 aromatic carbocycles. The molecule has 0 radical (unpaired) electrons. The summed E-state index contributed by atoms with van der Waals surface area (Å²) < 4.78 is 118. The first-order valence-electron chi connectivity index (χ1n) is 42.2. The largest absolute Gasteiger partial charge is 0.490 e. The van der Waals surface area contributed by atoms with Gasteiger partial charge in [0.25, 0.3) is 20.2 Å². The fourth-order valence-electron chi connectivity index (χ4n) is 14.7. The van der Waals surface area contributed by atoms with Crippen LogP contribution in [0.4, 0.5) is 23.6 Å². The maximum atomic E-state index is 12.4. The lowest BCUT2D eigenvalue weighted by Gasteiger charge is -2.41. The molecule has 1 N–H and O–H groups in total. The zero-order valence-corrected chi connectivity index (χ0v) is 73.6. The summed E-state index contributed by atoms with van der Waals surface area (Å²) in [5.41, 5.74) is 4.43. The maximum Gasteiger partial charge on any atom is 0.410 e. The third-order valence-corrected chi connectivity index (χ3v) is 24.9. The number of carbonyl (C=O) groups excluding carboxylic acids is 4. The molecule has 8 aliphatic rings. The van der Waals surface area contributed by atoms with Gasteiger partial charge in [-0.25, -0.2) is 19.2 Å². The average Bonchev–Trinajstić information content (AvgIpc) is 1.66. The highest BCUT2D eigenvalue weighted by Crippen LogP contribution is 2.53. The standard InChI is InChI=1S/2C26H34N2O6S.C19H27FN2O3.C19H28N2O4/c2*1-18-5-7-23(8-6-18)35(30,31)33-12-10-19-14-24(19)20-13-22(16-27-15-20)32-17-21-9-11-28(21)25(29)34-26(2,3)4;1-19(2,3)25-18(23)22-7-5-15(22)12-24-16-8-14(10-21-11-16)17-9-13(17)4-6-20;1-19(2,3)25-18(23)21-6-4-15(21)12-24-16-8-14(10-20-11-16)17-9-13(17)5-7-22/h2*5-8,13,15-16,19,21,24H,9-12,14,17H2,1-4H3;8,10-11,13,15,17H,4-7,9,12H2,1-3H3;8,10-11,13,15,17,22H,4-7,9,12H2,1-3H3/t2*19-,21+,24?;2*13-,15+,17?/m1111/s1. The number of aromatic nitrogens is 4. The number of rotatable bonds is 30. The minimum atomic E-state index is -3.74. The van der Waals surface area contributed by atoms with Gasteiger partial charge in [-0.3, -0.25) is 32.7 Å². The Bertz CT molecular complexity index is 4360. The van der Waals surface area contributed by atoms with Gasteiger partial charge in [-0.15, -0.1) is 0 Å². The van der Waals surface area contributed by atoms with Gasteiger partial charge in [0, 0.05) is 57.6 Å². The molecule has 4 aliphatic carbocycles. The van der Waals surface area contributed by atoms with Crippen LogP contribution >= 0.6 is 0 Å². The molecule has 0 bridgehead atoms. The molecule has 4 aromatic heterocycles. The van der Waals surface area contributed by atoms with Gasteiger partial charge in [0.2, 0.25) is 0 Å². The van der Waals surface area contributed by atoms with E-state index in [0.29, 0.717) is 136 Å². The van der Waals surface area contributed by atoms with Crippen LogP contribution in [0.1, 0.15) is 217 Å². The van der Waals surface area contributed by atoms with Crippen molar-refractivity contribution < 1.29 is 91.8 Å². The van der Waals surface area contributed by atoms with Crippen molar-refractivity contribution in [1.82, 2.24) is 39.5 Å². The van der Waals surface area contributed by atoms with Crippen LogP contribution in [0.5, 0.6) is 23.0 Å². The molecule has 4 saturated heterocycles. The van der Waals surface area contributed by atoms with E-state index >= 15 is 0 Å². The van der Waals surface area contributed by atoms with Gasteiger partial charge in [-0.2, -0.15) is 16.8 Å². The van der Waals surface area contributed by atoms with Gasteiger partial charge in [-0.1, -0.05) is 35.4 Å². The van der Waals surface area contributed by atoms with Crippen LogP contribution in [0, 0.1) is 37.5 Å². The van der Waals surface area contributed by atoms with E-state index in [4.69, 9.17) is 51.4 Å². The highest BCUT2D eigenvalue weighted by molar-refractivity contribution is 7.87. The van der Waals surface area contributed by atoms with Crippen molar-refractivity contribution in [1.29, 1.82) is 0 Å². The number of ether oxygens (including phenoxy) is 8. The van der Waals surface area contributed by atoms with Gasteiger partial charge in [0.1, 0.15) is 71.8 Å². The van der Waals surface area contributed by atoms with Crippen LogP contribution in [0.25, 0.3) is 0 Å². The number of aliphatic hydroxyl groups is 1. The molecule has 12 atom stereocenters. The lowest BCUT2D eigenvalue weighted by molar-refractivity contribution is -0.0149. The number of hydrogen-bond donors (Lipinski definition) is 1. The minimum Gasteiger partial charge on any atom is -0.490 e. The van der Waals surface area contributed by atoms with E-state index in [2.05, 4.69) is 19.9 Å². The fraction of sp³-hybridized carbons (Fsp3) is 0.600. The minimum absolute atomic E-state index is 0.00481. The summed E-state index contributed by atoms with van der Waals surface area (Å²) in [5, 5.41) is 9.03. The van der Waals surface area contributed by atoms with Crippen LogP contribution in [0.2, 0.25) is 0 Å². The number of aliphatic hydroxyl groups excluding tert-OH is 1. The van der Waals surface area contributed by atoms with E-state index in [1.165, 1.54) is 5.56 Å². The lowest BCUT2D eigenvalue weighted by Crippen LogP contribution is -2.55. The summed E-state index contributed by atoms with van der Waals surface area (Å²) in [6.45, 7) is 30.9. The maximum absolute atomic E-state index is 12.4. The molecule has 120 heavy (non-hydrogen) atoms. The van der Waals surface area contributed by atoms with Crippen LogP contribution < -0.4 is 18.9 Å². The quantitative estimate of drug-likeness (QED) is 0.0323. The summed E-state index contributed by atoms with van der Waals surface area (Å²) in [4.78, 5) is 73.1. The lowest BCUT2D eigenvalue weighted by atomic mass is 10.1. The normalized spacial score (nSPS) is 23.3. The van der Waals surface area contributed by atoms with E-state index < -0.39 is 42.6 Å². The molecule has 30 heteroatoms. The number of carbonyl (C=O) groups is 4. The zero-order valence-electron chi connectivity index (χ0n) is 72.0. The molecule has 4 amide bonds. The molecular formula is C90H123FN8O19S2. The average molecular weight is 1700 g/mol. The van der Waals surface area contributed by atoms with Gasteiger partial charge in [-0.05, 0) is 292 Å². The number of aryl methyl sites for hydroxylation is 2. The number of alkyl halides is 1. The third kappa shape index (κ3) is 27.5. The van der Waals surface area contributed by atoms with E-state index in [-0.39, 0.29) is 84.8 Å². The van der Waals surface area contributed by atoms with Crippen LogP contribution in [0.15, 0.2) is 132 Å². The van der Waals surface area contributed by atoms with Crippen molar-refractivity contribution in [3.8, 4) is 23.0 Å². The van der Waals surface area contributed by atoms with Crippen molar-refractivity contribution >= 4 is 44.6 Å². The monoisotopic (exact) mass is 1700 g/mol. The second kappa shape index (κ2) is 39.9. The Morgan fingerprint density at radius 3 is 0.867 bits per heavy atom. The number of pyridine rings is 4. The first-order chi connectivity index (χ1) is 56.8. The summed E-state index contributed by atoms with van der Waals surface area (Å²) in [7, 11) is -7.47. The zero-order chi connectivity index (χ0) is 86.5. The number of halogens is 1. The van der Waals surface area contributed by atoms with Crippen molar-refractivity contribution in [2.75, 3.05) is 79.1 Å². The number of amides is 4. The molecule has 4 saturated carbocycles. The topological polar surface area (TPSA) is 314 Å². The molecule has 27 nitrogen and oxygen atoms in total. The van der Waals surface area contributed by atoms with Crippen LogP contribution in [-0.4, -0.2) is 212 Å². The Morgan fingerprint density at radius 2 is 0.642 bits per heavy atom. The van der Waals surface area contributed by atoms with Crippen molar-refractivity contribution in [2.45, 2.75) is 254 Å². The van der Waals surface area contributed by atoms with Crippen molar-refractivity contribution in [3.63, 3.8) is 0 Å². The second-order valence-corrected chi connectivity index (χ2v) is 39.9. The molecule has 8 heterocycles. The first-order valence-corrected chi connectivity index (χ1v) is 45.0. The van der Waals surface area contributed by atoms with E-state index in [9.17, 15) is 40.4 Å². The Morgan fingerprint density at radius 1 is 0.392 bits per heavy atom. The predicted octanol–water partition coefficient (Wildman–Crippen LogP) is 16.2. The second-order valence-electron chi connectivity index (χ2n) is 36.7. The Hall–Kier alpha value is -8.97. The Labute approximate surface area is 707 Å². The van der Waals surface area contributed by atoms with Gasteiger partial charge in [0.15, 0.2) is 0 Å². The smallest absolute Gasteiger partial charge is 0.410 e. The number of nitrogens with zero attached hydrogens (tertiary/aromatic N) is 8. The predicted molar refractivity (Wildman–Crippen MR) is 448 cm³/mol. The van der Waals surface area contributed by atoms with E-state index in [1.54, 1.807) is 92.9 Å². The van der Waals surface area contributed by atoms with E-state index in [0.717, 1.165) is 91.4 Å². The molecular weight excluding hydrogens is 1580 g/mol. The summed E-state index contributed by atoms with van der Waals surface area (Å²) >= 11 is 0. The SMILES string of the molecule is CC(C)(C)OC(=O)N1CC[C@H]1COc1cncc(C2C[C@H]2CCF)c1.CC(C)(C)OC(=O)N1CC[C@H]1COc1cncc(C2C[C@H]2CCO)c1.Cc1ccc(S(=O)(=O)OCC[C@@H]2CC2c2cncc(OC[C@@H]3CCN3C(=O)OC(C)(C)C)c2)cc1.Cc1ccc(S(=O)(=O)OCC[C@@H]2CC2c2cncc(OC[C@@H]3CCN3C(=O)OC(C)(C)C)c2)cc1. The van der Waals surface area contributed by atoms with Crippen molar-refractivity contribution in [3.05, 3.63) is 156 Å². The highest BCUT2D eigenvalue weighted by Gasteiger charge is 2.44. The van der Waals surface area contributed by atoms with Crippen LogP contribution in [-0.2, 0) is 47.5 Å². The van der Waals surface area contributed by atoms with Gasteiger partial charge in [0.05, 0.1) is 78.6 Å². The Kier molecular flexibility index (Phi) is 30.5. The molecule has 8 fully saturated rings. The summed E-state index contributed by atoms with van der Waals surface area (Å²) in [6.07, 6.45) is 23.4. The third-order valence-electron chi connectivity index (χ3n) is 22.3. The number of hydrogen-bond acceptors (Lipinski definition) is 23.